The Labute approximate surface area is 124 Å². The molecule has 0 saturated heterocycles. The molecule has 8 heteroatoms. The summed E-state index contributed by atoms with van der Waals surface area (Å²) in [5.74, 6) is -0.616. The fourth-order valence-corrected chi connectivity index (χ4v) is 2.40. The molecule has 0 aliphatic carbocycles. The van der Waals surface area contributed by atoms with Gasteiger partial charge in [0, 0.05) is 5.56 Å². The first-order valence-electron chi connectivity index (χ1n) is 5.75. The SMILES string of the molecule is CCOC(=O)c1n[nH]nc1-c1c(Cl)cc(CO)cc1Cl. The average molecular weight is 316 g/mol. The number of H-pyrrole nitrogens is 1. The maximum atomic E-state index is 11.8. The van der Waals surface area contributed by atoms with Crippen molar-refractivity contribution in [1.82, 2.24) is 15.4 Å². The molecule has 0 radical (unpaired) electrons. The highest BCUT2D eigenvalue weighted by molar-refractivity contribution is 6.39. The molecule has 2 N–H and O–H groups in total. The summed E-state index contributed by atoms with van der Waals surface area (Å²) >= 11 is 12.3. The van der Waals surface area contributed by atoms with Crippen LogP contribution in [0, 0.1) is 0 Å². The molecular formula is C12H11Cl2N3O3. The fraction of sp³-hybridized carbons (Fsp3) is 0.250. The monoisotopic (exact) mass is 315 g/mol. The molecule has 0 atom stereocenters. The van der Waals surface area contributed by atoms with Crippen LogP contribution < -0.4 is 0 Å². The van der Waals surface area contributed by atoms with E-state index in [0.717, 1.165) is 0 Å². The van der Waals surface area contributed by atoms with Crippen molar-refractivity contribution in [3.05, 3.63) is 33.4 Å². The Kier molecular flexibility index (Phi) is 4.59. The summed E-state index contributed by atoms with van der Waals surface area (Å²) in [6, 6.07) is 3.10. The van der Waals surface area contributed by atoms with Crippen LogP contribution in [0.1, 0.15) is 23.0 Å². The number of nitrogens with zero attached hydrogens (tertiary/aromatic N) is 2. The van der Waals surface area contributed by atoms with E-state index in [1.54, 1.807) is 19.1 Å². The molecule has 0 fully saturated rings. The third-order valence-corrected chi connectivity index (χ3v) is 3.13. The number of carbonyl (C=O) groups is 1. The second kappa shape index (κ2) is 6.21. The Morgan fingerprint density at radius 3 is 2.55 bits per heavy atom. The molecule has 2 rings (SSSR count). The van der Waals surface area contributed by atoms with Gasteiger partial charge in [-0.2, -0.15) is 10.3 Å². The van der Waals surface area contributed by atoms with Gasteiger partial charge < -0.3 is 9.84 Å². The van der Waals surface area contributed by atoms with Crippen molar-refractivity contribution < 1.29 is 14.6 Å². The lowest BCUT2D eigenvalue weighted by molar-refractivity contribution is 0.0520. The van der Waals surface area contributed by atoms with E-state index in [-0.39, 0.29) is 34.6 Å². The predicted octanol–water partition coefficient (Wildman–Crippen LogP) is 2.45. The van der Waals surface area contributed by atoms with E-state index in [9.17, 15) is 4.79 Å². The van der Waals surface area contributed by atoms with E-state index in [0.29, 0.717) is 11.1 Å². The Morgan fingerprint density at radius 2 is 2.00 bits per heavy atom. The van der Waals surface area contributed by atoms with Crippen LogP contribution in [-0.4, -0.2) is 33.1 Å². The number of aliphatic hydroxyl groups is 1. The number of halogens is 2. The quantitative estimate of drug-likeness (QED) is 0.846. The molecule has 6 nitrogen and oxygen atoms in total. The number of aromatic nitrogens is 3. The minimum atomic E-state index is -0.616. The zero-order chi connectivity index (χ0) is 14.7. The number of carbonyl (C=O) groups excluding carboxylic acids is 1. The van der Waals surface area contributed by atoms with Crippen LogP contribution in [0.5, 0.6) is 0 Å². The zero-order valence-electron chi connectivity index (χ0n) is 10.5. The minimum absolute atomic E-state index is 0.00685. The lowest BCUT2D eigenvalue weighted by Gasteiger charge is -2.07. The van der Waals surface area contributed by atoms with Gasteiger partial charge in [-0.15, -0.1) is 5.10 Å². The molecule has 0 saturated carbocycles. The highest BCUT2D eigenvalue weighted by Crippen LogP contribution is 2.36. The lowest BCUT2D eigenvalue weighted by Crippen LogP contribution is -2.07. The van der Waals surface area contributed by atoms with Crippen molar-refractivity contribution >= 4 is 29.2 Å². The molecule has 0 amide bonds. The summed E-state index contributed by atoms with van der Waals surface area (Å²) in [5, 5.41) is 19.6. The number of aromatic amines is 1. The van der Waals surface area contributed by atoms with Crippen molar-refractivity contribution in [1.29, 1.82) is 0 Å². The van der Waals surface area contributed by atoms with E-state index in [4.69, 9.17) is 33.0 Å². The predicted molar refractivity (Wildman–Crippen MR) is 73.7 cm³/mol. The Morgan fingerprint density at radius 1 is 1.35 bits per heavy atom. The van der Waals surface area contributed by atoms with Crippen molar-refractivity contribution in [3.63, 3.8) is 0 Å². The molecule has 0 aliphatic heterocycles. The van der Waals surface area contributed by atoms with Crippen molar-refractivity contribution in [2.75, 3.05) is 6.61 Å². The fourth-order valence-electron chi connectivity index (χ4n) is 1.69. The van der Waals surface area contributed by atoms with Gasteiger partial charge in [-0.3, -0.25) is 0 Å². The van der Waals surface area contributed by atoms with Gasteiger partial charge >= 0.3 is 5.97 Å². The zero-order valence-corrected chi connectivity index (χ0v) is 12.0. The Bertz CT molecular complexity index is 620. The molecule has 0 aliphatic rings. The minimum Gasteiger partial charge on any atom is -0.461 e. The van der Waals surface area contributed by atoms with Crippen LogP contribution in [0.15, 0.2) is 12.1 Å². The number of aliphatic hydroxyl groups excluding tert-OH is 1. The largest absolute Gasteiger partial charge is 0.461 e. The van der Waals surface area contributed by atoms with Crippen LogP contribution in [0.25, 0.3) is 11.3 Å². The molecule has 1 heterocycles. The molecular weight excluding hydrogens is 305 g/mol. The van der Waals surface area contributed by atoms with Gasteiger partial charge in [0.2, 0.25) is 0 Å². The van der Waals surface area contributed by atoms with Gasteiger partial charge in [0.25, 0.3) is 0 Å². The normalized spacial score (nSPS) is 10.6. The second-order valence-corrected chi connectivity index (χ2v) is 4.65. The van der Waals surface area contributed by atoms with Crippen LogP contribution in [-0.2, 0) is 11.3 Å². The number of ether oxygens (including phenoxy) is 1. The van der Waals surface area contributed by atoms with Crippen molar-refractivity contribution in [3.8, 4) is 11.3 Å². The van der Waals surface area contributed by atoms with Crippen LogP contribution in [0.3, 0.4) is 0 Å². The van der Waals surface area contributed by atoms with E-state index in [1.807, 2.05) is 0 Å². The molecule has 0 unspecified atom stereocenters. The summed E-state index contributed by atoms with van der Waals surface area (Å²) in [4.78, 5) is 11.8. The molecule has 2 aromatic rings. The third-order valence-electron chi connectivity index (χ3n) is 2.54. The third kappa shape index (κ3) is 2.77. The molecule has 0 spiro atoms. The summed E-state index contributed by atoms with van der Waals surface area (Å²) in [6.45, 7) is 1.72. The Hall–Kier alpha value is -1.63. The highest BCUT2D eigenvalue weighted by Gasteiger charge is 2.23. The van der Waals surface area contributed by atoms with Crippen molar-refractivity contribution in [2.45, 2.75) is 13.5 Å². The van der Waals surface area contributed by atoms with Crippen LogP contribution in [0.2, 0.25) is 10.0 Å². The molecule has 0 bridgehead atoms. The van der Waals surface area contributed by atoms with Gasteiger partial charge in [-0.05, 0) is 24.6 Å². The number of hydrogen-bond acceptors (Lipinski definition) is 5. The average Bonchev–Trinajstić information content (AvgIpc) is 2.87. The summed E-state index contributed by atoms with van der Waals surface area (Å²) in [7, 11) is 0. The summed E-state index contributed by atoms with van der Waals surface area (Å²) in [6.07, 6.45) is 0. The molecule has 106 valence electrons. The van der Waals surface area contributed by atoms with E-state index >= 15 is 0 Å². The summed E-state index contributed by atoms with van der Waals surface area (Å²) in [5.41, 5.74) is 1.14. The molecule has 20 heavy (non-hydrogen) atoms. The van der Waals surface area contributed by atoms with Crippen LogP contribution in [0.4, 0.5) is 0 Å². The lowest BCUT2D eigenvalue weighted by atomic mass is 10.1. The van der Waals surface area contributed by atoms with E-state index in [2.05, 4.69) is 15.4 Å². The number of benzene rings is 1. The van der Waals surface area contributed by atoms with Gasteiger partial charge in [0.05, 0.1) is 23.3 Å². The number of rotatable bonds is 4. The van der Waals surface area contributed by atoms with Gasteiger partial charge in [-0.1, -0.05) is 23.2 Å². The molecule has 1 aromatic carbocycles. The second-order valence-electron chi connectivity index (χ2n) is 3.83. The number of esters is 1. The summed E-state index contributed by atoms with van der Waals surface area (Å²) < 4.78 is 4.89. The number of nitrogens with one attached hydrogen (secondary N) is 1. The maximum absolute atomic E-state index is 11.8. The van der Waals surface area contributed by atoms with Gasteiger partial charge in [0.1, 0.15) is 5.69 Å². The first kappa shape index (κ1) is 14.8. The van der Waals surface area contributed by atoms with Crippen molar-refractivity contribution in [2.24, 2.45) is 0 Å². The number of hydrogen-bond donors (Lipinski definition) is 2. The van der Waals surface area contributed by atoms with E-state index in [1.165, 1.54) is 0 Å². The van der Waals surface area contributed by atoms with Crippen LogP contribution >= 0.6 is 23.2 Å². The maximum Gasteiger partial charge on any atom is 0.361 e. The van der Waals surface area contributed by atoms with Gasteiger partial charge in [0.15, 0.2) is 5.69 Å². The first-order valence-corrected chi connectivity index (χ1v) is 6.51. The topological polar surface area (TPSA) is 88.1 Å². The van der Waals surface area contributed by atoms with E-state index < -0.39 is 5.97 Å². The smallest absolute Gasteiger partial charge is 0.361 e. The standard InChI is InChI=1S/C12H11Cl2N3O3/c1-2-20-12(19)11-10(15-17-16-11)9-7(13)3-6(5-18)4-8(9)14/h3-4,18H,2,5H2,1H3,(H,15,16,17). The highest BCUT2D eigenvalue weighted by atomic mass is 35.5. The Balaban J connectivity index is 2.53. The molecule has 1 aromatic heterocycles. The first-order chi connectivity index (χ1) is 9.58. The van der Waals surface area contributed by atoms with Gasteiger partial charge in [-0.25, -0.2) is 4.79 Å².